The summed E-state index contributed by atoms with van der Waals surface area (Å²) in [6, 6.07) is 6.96. The third-order valence-corrected chi connectivity index (χ3v) is 7.17. The van der Waals surface area contributed by atoms with Crippen LogP contribution in [0.15, 0.2) is 30.7 Å². The summed E-state index contributed by atoms with van der Waals surface area (Å²) in [5, 5.41) is 5.72. The molecule has 0 atom stereocenters. The molecule has 0 amide bonds. The molecule has 0 bridgehead atoms. The first-order valence-corrected chi connectivity index (χ1v) is 11.5. The minimum atomic E-state index is 0.390. The maximum Gasteiger partial charge on any atom is 0.270 e. The van der Waals surface area contributed by atoms with E-state index in [0.29, 0.717) is 18.5 Å². The van der Waals surface area contributed by atoms with E-state index in [1.807, 2.05) is 4.52 Å². The molecule has 5 rings (SSSR count). The minimum absolute atomic E-state index is 0.390. The highest BCUT2D eigenvalue weighted by atomic mass is 15.3. The molecule has 4 heterocycles. The van der Waals surface area contributed by atoms with Crippen molar-refractivity contribution < 1.29 is 0 Å². The van der Waals surface area contributed by atoms with Crippen molar-refractivity contribution in [2.24, 2.45) is 0 Å². The van der Waals surface area contributed by atoms with Crippen LogP contribution in [0.25, 0.3) is 32.7 Å². The second-order valence-electron chi connectivity index (χ2n) is 9.39. The van der Waals surface area contributed by atoms with Crippen LogP contribution in [0.2, 0.25) is 0 Å². The Hall–Kier alpha value is -3.17. The van der Waals surface area contributed by atoms with Crippen molar-refractivity contribution in [3.63, 3.8) is 0 Å². The van der Waals surface area contributed by atoms with Crippen molar-refractivity contribution in [3.8, 4) is 11.3 Å². The van der Waals surface area contributed by atoms with Crippen molar-refractivity contribution in [2.75, 3.05) is 19.8 Å². The molecule has 1 aromatic carbocycles. The van der Waals surface area contributed by atoms with Crippen molar-refractivity contribution >= 4 is 16.6 Å². The van der Waals surface area contributed by atoms with E-state index in [-0.39, 0.29) is 0 Å². The Labute approximate surface area is 189 Å². The van der Waals surface area contributed by atoms with Gasteiger partial charge in [-0.3, -0.25) is 4.85 Å². The molecule has 164 valence electrons. The maximum atomic E-state index is 7.12. The van der Waals surface area contributed by atoms with Gasteiger partial charge < -0.3 is 4.98 Å². The average molecular weight is 427 g/mol. The third kappa shape index (κ3) is 3.37. The monoisotopic (exact) mass is 426 g/mol. The number of benzene rings is 1. The summed E-state index contributed by atoms with van der Waals surface area (Å²) >= 11 is 0. The molecule has 0 radical (unpaired) electrons. The van der Waals surface area contributed by atoms with Gasteiger partial charge in [-0.15, -0.1) is 0 Å². The second-order valence-corrected chi connectivity index (χ2v) is 9.39. The minimum Gasteiger partial charge on any atom is -0.354 e. The van der Waals surface area contributed by atoms with E-state index in [1.54, 1.807) is 6.33 Å². The largest absolute Gasteiger partial charge is 0.354 e. The molecular formula is C26H30N6. The number of pyridine rings is 1. The van der Waals surface area contributed by atoms with Crippen LogP contribution in [0.3, 0.4) is 0 Å². The van der Waals surface area contributed by atoms with Gasteiger partial charge in [-0.2, -0.15) is 5.10 Å². The zero-order valence-corrected chi connectivity index (χ0v) is 19.3. The molecule has 32 heavy (non-hydrogen) atoms. The normalized spacial score (nSPS) is 15.8. The lowest BCUT2D eigenvalue weighted by molar-refractivity contribution is 0.232. The highest BCUT2D eigenvalue weighted by Crippen LogP contribution is 2.39. The van der Waals surface area contributed by atoms with Crippen molar-refractivity contribution in [3.05, 3.63) is 64.4 Å². The molecule has 1 aliphatic rings. The first-order valence-electron chi connectivity index (χ1n) is 11.5. The molecule has 3 aromatic heterocycles. The Bertz CT molecular complexity index is 1330. The van der Waals surface area contributed by atoms with E-state index in [1.165, 1.54) is 44.4 Å². The van der Waals surface area contributed by atoms with Gasteiger partial charge in [-0.1, -0.05) is 19.9 Å². The lowest BCUT2D eigenvalue weighted by Crippen LogP contribution is -2.32. The van der Waals surface area contributed by atoms with E-state index >= 15 is 0 Å². The number of aromatic nitrogens is 4. The predicted octanol–water partition coefficient (Wildman–Crippen LogP) is 5.67. The summed E-state index contributed by atoms with van der Waals surface area (Å²) in [5.74, 6) is 0.955. The zero-order chi connectivity index (χ0) is 22.4. The number of aryl methyl sites for hydroxylation is 1. The molecule has 0 aliphatic carbocycles. The number of piperidine rings is 1. The SMILES string of the molecule is [C-]#[N+]CN1CCC(c2ccc3[nH]c(-c4cn5ncnc5c(C)c4C)c(C(C)C)c3c2)CC1. The maximum absolute atomic E-state index is 7.12. The molecule has 0 saturated carbocycles. The lowest BCUT2D eigenvalue weighted by Gasteiger charge is -2.28. The third-order valence-electron chi connectivity index (χ3n) is 7.17. The van der Waals surface area contributed by atoms with E-state index in [4.69, 9.17) is 6.57 Å². The smallest absolute Gasteiger partial charge is 0.270 e. The molecule has 1 aliphatic heterocycles. The van der Waals surface area contributed by atoms with Gasteiger partial charge in [0.2, 0.25) is 0 Å². The summed E-state index contributed by atoms with van der Waals surface area (Å²) in [6.45, 7) is 18.5. The van der Waals surface area contributed by atoms with Gasteiger partial charge in [0.1, 0.15) is 6.33 Å². The van der Waals surface area contributed by atoms with Gasteiger partial charge in [-0.25, -0.2) is 21.0 Å². The van der Waals surface area contributed by atoms with Crippen molar-refractivity contribution in [2.45, 2.75) is 52.4 Å². The number of nitrogens with one attached hydrogen (secondary N) is 1. The van der Waals surface area contributed by atoms with Gasteiger partial charge in [-0.05, 0) is 72.9 Å². The molecular weight excluding hydrogens is 396 g/mol. The summed E-state index contributed by atoms with van der Waals surface area (Å²) in [5.41, 5.74) is 9.69. The number of likely N-dealkylation sites (tertiary alicyclic amines) is 1. The highest BCUT2D eigenvalue weighted by molar-refractivity contribution is 5.92. The summed E-state index contributed by atoms with van der Waals surface area (Å²) in [6.07, 6.45) is 5.97. The fourth-order valence-electron chi connectivity index (χ4n) is 5.26. The van der Waals surface area contributed by atoms with Crippen LogP contribution in [-0.2, 0) is 0 Å². The van der Waals surface area contributed by atoms with Gasteiger partial charge >= 0.3 is 0 Å². The molecule has 1 N–H and O–H groups in total. The Kier molecular flexibility index (Phi) is 5.22. The topological polar surface area (TPSA) is 53.6 Å². The fraction of sp³-hybridized carbons (Fsp3) is 0.423. The number of H-pyrrole nitrogens is 1. The van der Waals surface area contributed by atoms with E-state index < -0.39 is 0 Å². The fourth-order valence-corrected chi connectivity index (χ4v) is 5.26. The number of aromatic amines is 1. The van der Waals surface area contributed by atoms with Gasteiger partial charge in [0, 0.05) is 35.8 Å². The van der Waals surface area contributed by atoms with Crippen LogP contribution in [0.4, 0.5) is 0 Å². The first kappa shape index (κ1) is 20.7. The lowest BCUT2D eigenvalue weighted by atomic mass is 9.87. The standard InChI is InChI=1S/C26H30N6/c1-16(2)24-21-12-20(19-8-10-31(11-9-19)15-27-5)6-7-23(21)30-25(24)22-13-32-26(28-14-29-32)18(4)17(22)3/h6-7,12-14,16,19,30H,8-11,15H2,1-4H3. The molecule has 6 heteroatoms. The van der Waals surface area contributed by atoms with Crippen LogP contribution in [0.1, 0.15) is 60.8 Å². The highest BCUT2D eigenvalue weighted by Gasteiger charge is 2.24. The Morgan fingerprint density at radius 1 is 1.19 bits per heavy atom. The quantitative estimate of drug-likeness (QED) is 0.428. The van der Waals surface area contributed by atoms with Gasteiger partial charge in [0.25, 0.3) is 6.67 Å². The number of hydrogen-bond donors (Lipinski definition) is 1. The van der Waals surface area contributed by atoms with E-state index in [9.17, 15) is 0 Å². The van der Waals surface area contributed by atoms with Crippen LogP contribution in [-0.4, -0.2) is 44.2 Å². The van der Waals surface area contributed by atoms with E-state index in [0.717, 1.165) is 31.6 Å². The predicted molar refractivity (Wildman–Crippen MR) is 129 cm³/mol. The molecule has 1 saturated heterocycles. The van der Waals surface area contributed by atoms with Crippen LogP contribution in [0.5, 0.6) is 0 Å². The molecule has 1 fully saturated rings. The summed E-state index contributed by atoms with van der Waals surface area (Å²) < 4.78 is 1.88. The Balaban J connectivity index is 1.59. The molecule has 6 nitrogen and oxygen atoms in total. The van der Waals surface area contributed by atoms with Gasteiger partial charge in [0.15, 0.2) is 5.65 Å². The molecule has 4 aromatic rings. The van der Waals surface area contributed by atoms with Crippen molar-refractivity contribution in [1.82, 2.24) is 24.5 Å². The van der Waals surface area contributed by atoms with Crippen LogP contribution >= 0.6 is 0 Å². The number of rotatable bonds is 4. The summed E-state index contributed by atoms with van der Waals surface area (Å²) in [4.78, 5) is 14.0. The zero-order valence-electron chi connectivity index (χ0n) is 19.3. The van der Waals surface area contributed by atoms with Crippen LogP contribution in [0, 0.1) is 20.4 Å². The van der Waals surface area contributed by atoms with E-state index in [2.05, 4.69) is 76.9 Å². The summed E-state index contributed by atoms with van der Waals surface area (Å²) in [7, 11) is 0. The second kappa shape index (κ2) is 8.07. The molecule has 0 unspecified atom stereocenters. The number of fused-ring (bicyclic) bond motifs is 2. The average Bonchev–Trinajstić information content (AvgIpc) is 3.41. The van der Waals surface area contributed by atoms with Gasteiger partial charge in [0.05, 0.1) is 5.69 Å². The number of hydrogen-bond acceptors (Lipinski definition) is 3. The first-order chi connectivity index (χ1) is 15.5. The Morgan fingerprint density at radius 3 is 2.69 bits per heavy atom. The Morgan fingerprint density at radius 2 is 1.97 bits per heavy atom. The van der Waals surface area contributed by atoms with Crippen LogP contribution < -0.4 is 0 Å². The molecule has 0 spiro atoms. The van der Waals surface area contributed by atoms with Crippen molar-refractivity contribution in [1.29, 1.82) is 0 Å². The number of nitrogens with zero attached hydrogens (tertiary/aromatic N) is 5.